The Labute approximate surface area is 95.6 Å². The molecule has 0 spiro atoms. The molecule has 3 N–H and O–H groups in total. The average molecular weight is 228 g/mol. The molecule has 1 aliphatic rings. The van der Waals surface area contributed by atoms with Crippen LogP contribution in [-0.2, 0) is 4.79 Å². The van der Waals surface area contributed by atoms with E-state index < -0.39 is 5.97 Å². The van der Waals surface area contributed by atoms with Gasteiger partial charge in [0.1, 0.15) is 0 Å². The molecular formula is C11H20N2O3. The smallest absolute Gasteiger partial charge is 0.314 e. The highest BCUT2D eigenvalue weighted by Gasteiger charge is 2.34. The number of aliphatic carboxylic acids is 1. The van der Waals surface area contributed by atoms with Gasteiger partial charge in [-0.2, -0.15) is 0 Å². The van der Waals surface area contributed by atoms with Crippen LogP contribution >= 0.6 is 0 Å². The molecule has 5 heteroatoms. The molecule has 0 aromatic heterocycles. The van der Waals surface area contributed by atoms with Crippen LogP contribution in [0.15, 0.2) is 0 Å². The van der Waals surface area contributed by atoms with Crippen molar-refractivity contribution in [3.05, 3.63) is 0 Å². The van der Waals surface area contributed by atoms with E-state index in [0.717, 1.165) is 25.7 Å². The zero-order valence-electron chi connectivity index (χ0n) is 9.71. The van der Waals surface area contributed by atoms with Gasteiger partial charge in [0.25, 0.3) is 0 Å². The fraction of sp³-hybridized carbons (Fsp3) is 0.818. The molecule has 0 saturated heterocycles. The predicted molar refractivity (Wildman–Crippen MR) is 60.2 cm³/mol. The van der Waals surface area contributed by atoms with E-state index in [9.17, 15) is 9.59 Å². The SMILES string of the molecule is CNC(=O)NCC1(CC(=O)O)CCCCC1. The number of rotatable bonds is 4. The summed E-state index contributed by atoms with van der Waals surface area (Å²) in [6, 6.07) is -0.240. The zero-order chi connectivity index (χ0) is 12.0. The molecule has 1 fully saturated rings. The molecule has 1 aliphatic carbocycles. The highest BCUT2D eigenvalue weighted by molar-refractivity contribution is 5.73. The highest BCUT2D eigenvalue weighted by Crippen LogP contribution is 2.38. The Morgan fingerprint density at radius 1 is 1.25 bits per heavy atom. The third-order valence-corrected chi connectivity index (χ3v) is 3.29. The average Bonchev–Trinajstić information content (AvgIpc) is 2.26. The molecular weight excluding hydrogens is 208 g/mol. The first-order valence-electron chi connectivity index (χ1n) is 5.75. The molecule has 0 atom stereocenters. The molecule has 0 aromatic carbocycles. The van der Waals surface area contributed by atoms with Gasteiger partial charge in [0, 0.05) is 13.6 Å². The van der Waals surface area contributed by atoms with E-state index in [2.05, 4.69) is 10.6 Å². The Hall–Kier alpha value is -1.26. The van der Waals surface area contributed by atoms with E-state index in [-0.39, 0.29) is 17.9 Å². The van der Waals surface area contributed by atoms with Crippen molar-refractivity contribution in [3.8, 4) is 0 Å². The summed E-state index contributed by atoms with van der Waals surface area (Å²) in [4.78, 5) is 22.0. The Balaban J connectivity index is 2.55. The largest absolute Gasteiger partial charge is 0.481 e. The van der Waals surface area contributed by atoms with Crippen molar-refractivity contribution < 1.29 is 14.7 Å². The molecule has 16 heavy (non-hydrogen) atoms. The molecule has 0 unspecified atom stereocenters. The van der Waals surface area contributed by atoms with Gasteiger partial charge in [0.15, 0.2) is 0 Å². The van der Waals surface area contributed by atoms with E-state index in [1.807, 2.05) is 0 Å². The highest BCUT2D eigenvalue weighted by atomic mass is 16.4. The minimum Gasteiger partial charge on any atom is -0.481 e. The first-order valence-corrected chi connectivity index (χ1v) is 5.75. The maximum Gasteiger partial charge on any atom is 0.314 e. The van der Waals surface area contributed by atoms with Crippen molar-refractivity contribution in [1.82, 2.24) is 10.6 Å². The second-order valence-corrected chi connectivity index (χ2v) is 4.56. The summed E-state index contributed by atoms with van der Waals surface area (Å²) in [5.41, 5.74) is -0.239. The number of amides is 2. The molecule has 1 rings (SSSR count). The van der Waals surface area contributed by atoms with Gasteiger partial charge in [-0.3, -0.25) is 4.79 Å². The predicted octanol–water partition coefficient (Wildman–Crippen LogP) is 1.34. The lowest BCUT2D eigenvalue weighted by atomic mass is 9.72. The second-order valence-electron chi connectivity index (χ2n) is 4.56. The summed E-state index contributed by atoms with van der Waals surface area (Å²) >= 11 is 0. The summed E-state index contributed by atoms with van der Waals surface area (Å²) in [6.07, 6.45) is 5.22. The van der Waals surface area contributed by atoms with Crippen molar-refractivity contribution >= 4 is 12.0 Å². The number of carbonyl (C=O) groups is 2. The monoisotopic (exact) mass is 228 g/mol. The van der Waals surface area contributed by atoms with Crippen LogP contribution in [-0.4, -0.2) is 30.7 Å². The lowest BCUT2D eigenvalue weighted by molar-refractivity contribution is -0.140. The van der Waals surface area contributed by atoms with Gasteiger partial charge in [-0.1, -0.05) is 19.3 Å². The molecule has 92 valence electrons. The summed E-state index contributed by atoms with van der Waals surface area (Å²) in [7, 11) is 1.56. The third kappa shape index (κ3) is 3.72. The molecule has 0 bridgehead atoms. The van der Waals surface area contributed by atoms with E-state index in [4.69, 9.17) is 5.11 Å². The van der Waals surface area contributed by atoms with Gasteiger partial charge < -0.3 is 15.7 Å². The van der Waals surface area contributed by atoms with E-state index in [0.29, 0.717) is 6.54 Å². The van der Waals surface area contributed by atoms with Crippen LogP contribution in [0.3, 0.4) is 0 Å². The van der Waals surface area contributed by atoms with Crippen LogP contribution in [0.5, 0.6) is 0 Å². The molecule has 2 amide bonds. The minimum absolute atomic E-state index is 0.150. The quantitative estimate of drug-likeness (QED) is 0.679. The van der Waals surface area contributed by atoms with Crippen LogP contribution in [0.4, 0.5) is 4.79 Å². The maximum absolute atomic E-state index is 11.1. The number of nitrogens with one attached hydrogen (secondary N) is 2. The van der Waals surface area contributed by atoms with Crippen molar-refractivity contribution in [3.63, 3.8) is 0 Å². The van der Waals surface area contributed by atoms with Crippen LogP contribution in [0.1, 0.15) is 38.5 Å². The normalized spacial score (nSPS) is 18.8. The fourth-order valence-electron chi connectivity index (χ4n) is 2.39. The minimum atomic E-state index is -0.777. The van der Waals surface area contributed by atoms with Crippen LogP contribution in [0.25, 0.3) is 0 Å². The van der Waals surface area contributed by atoms with Crippen molar-refractivity contribution in [2.24, 2.45) is 5.41 Å². The van der Waals surface area contributed by atoms with Crippen molar-refractivity contribution in [2.45, 2.75) is 38.5 Å². The number of urea groups is 1. The fourth-order valence-corrected chi connectivity index (χ4v) is 2.39. The van der Waals surface area contributed by atoms with E-state index in [1.165, 1.54) is 6.42 Å². The van der Waals surface area contributed by atoms with Crippen molar-refractivity contribution in [1.29, 1.82) is 0 Å². The summed E-state index contributed by atoms with van der Waals surface area (Å²) in [5.74, 6) is -0.777. The molecule has 0 aromatic rings. The Morgan fingerprint density at radius 2 is 1.88 bits per heavy atom. The van der Waals surface area contributed by atoms with E-state index in [1.54, 1.807) is 7.05 Å². The summed E-state index contributed by atoms with van der Waals surface area (Å²) in [5, 5.41) is 14.1. The van der Waals surface area contributed by atoms with Crippen LogP contribution < -0.4 is 10.6 Å². The van der Waals surface area contributed by atoms with Gasteiger partial charge in [-0.05, 0) is 18.3 Å². The summed E-state index contributed by atoms with van der Waals surface area (Å²) < 4.78 is 0. The number of carboxylic acids is 1. The van der Waals surface area contributed by atoms with Gasteiger partial charge in [0.05, 0.1) is 6.42 Å². The molecule has 0 heterocycles. The third-order valence-electron chi connectivity index (χ3n) is 3.29. The lowest BCUT2D eigenvalue weighted by Crippen LogP contribution is -2.43. The molecule has 0 aliphatic heterocycles. The standard InChI is InChI=1S/C11H20N2O3/c1-12-10(16)13-8-11(7-9(14)15)5-3-2-4-6-11/h2-8H2,1H3,(H,14,15)(H2,12,13,16). The maximum atomic E-state index is 11.1. The Kier molecular flexibility index (Phi) is 4.58. The Morgan fingerprint density at radius 3 is 2.38 bits per heavy atom. The topological polar surface area (TPSA) is 78.4 Å². The number of carboxylic acid groups (broad SMARTS) is 1. The van der Waals surface area contributed by atoms with Gasteiger partial charge >= 0.3 is 12.0 Å². The number of hydrogen-bond donors (Lipinski definition) is 3. The molecule has 5 nitrogen and oxygen atoms in total. The van der Waals surface area contributed by atoms with Gasteiger partial charge in [-0.25, -0.2) is 4.79 Å². The number of carbonyl (C=O) groups excluding carboxylic acids is 1. The molecule has 0 radical (unpaired) electrons. The van der Waals surface area contributed by atoms with E-state index >= 15 is 0 Å². The van der Waals surface area contributed by atoms with Crippen LogP contribution in [0.2, 0.25) is 0 Å². The lowest BCUT2D eigenvalue weighted by Gasteiger charge is -2.36. The Bertz CT molecular complexity index is 260. The van der Waals surface area contributed by atoms with Crippen molar-refractivity contribution in [2.75, 3.05) is 13.6 Å². The van der Waals surface area contributed by atoms with Crippen LogP contribution in [0, 0.1) is 5.41 Å². The molecule has 1 saturated carbocycles. The van der Waals surface area contributed by atoms with Gasteiger partial charge in [0.2, 0.25) is 0 Å². The van der Waals surface area contributed by atoms with Gasteiger partial charge in [-0.15, -0.1) is 0 Å². The first-order chi connectivity index (χ1) is 7.58. The zero-order valence-corrected chi connectivity index (χ0v) is 9.71. The second kappa shape index (κ2) is 5.72. The number of hydrogen-bond acceptors (Lipinski definition) is 2. The summed E-state index contributed by atoms with van der Waals surface area (Å²) in [6.45, 7) is 0.457. The first kappa shape index (κ1) is 12.8.